The summed E-state index contributed by atoms with van der Waals surface area (Å²) in [5, 5.41) is 18.1. The van der Waals surface area contributed by atoms with Gasteiger partial charge in [-0.05, 0) is 12.1 Å². The number of imidazole rings is 1. The normalized spacial score (nSPS) is 12.8. The number of carboxylic acids is 1. The highest BCUT2D eigenvalue weighted by Gasteiger charge is 2.15. The molecule has 3 N–H and O–H groups in total. The Labute approximate surface area is 96.1 Å². The van der Waals surface area contributed by atoms with Gasteiger partial charge in [0.15, 0.2) is 0 Å². The number of phenolic OH excluding ortho intramolecular Hbond substituents is 1. The highest BCUT2D eigenvalue weighted by molar-refractivity contribution is 5.77. The van der Waals surface area contributed by atoms with Crippen molar-refractivity contribution in [2.45, 2.75) is 13.5 Å². The molecule has 6 nitrogen and oxygen atoms in total. The van der Waals surface area contributed by atoms with Crippen LogP contribution in [-0.4, -0.2) is 25.7 Å². The van der Waals surface area contributed by atoms with Crippen molar-refractivity contribution >= 4 is 17.0 Å². The van der Waals surface area contributed by atoms with Crippen molar-refractivity contribution in [2.75, 3.05) is 0 Å². The van der Waals surface area contributed by atoms with Crippen LogP contribution in [0.3, 0.4) is 0 Å². The van der Waals surface area contributed by atoms with Gasteiger partial charge in [-0.25, -0.2) is 4.79 Å². The number of rotatable bonds is 3. The Morgan fingerprint density at radius 1 is 1.53 bits per heavy atom. The number of phenols is 1. The van der Waals surface area contributed by atoms with Crippen molar-refractivity contribution in [1.29, 1.82) is 0 Å². The third-order valence-electron chi connectivity index (χ3n) is 2.64. The molecule has 1 atom stereocenters. The second-order valence-corrected chi connectivity index (χ2v) is 3.98. The summed E-state index contributed by atoms with van der Waals surface area (Å²) < 4.78 is 1.35. The number of aromatic amines is 1. The van der Waals surface area contributed by atoms with E-state index in [-0.39, 0.29) is 18.0 Å². The van der Waals surface area contributed by atoms with Crippen LogP contribution in [0.15, 0.2) is 23.0 Å². The zero-order chi connectivity index (χ0) is 12.6. The van der Waals surface area contributed by atoms with Crippen LogP contribution in [0.25, 0.3) is 11.0 Å². The summed E-state index contributed by atoms with van der Waals surface area (Å²) in [6, 6.07) is 4.47. The molecule has 1 unspecified atom stereocenters. The Bertz CT molecular complexity index is 626. The van der Waals surface area contributed by atoms with Gasteiger partial charge in [-0.3, -0.25) is 9.36 Å². The summed E-state index contributed by atoms with van der Waals surface area (Å²) in [7, 11) is 0. The lowest BCUT2D eigenvalue weighted by atomic mass is 10.2. The first-order valence-electron chi connectivity index (χ1n) is 5.13. The number of nitrogens with zero attached hydrogens (tertiary/aromatic N) is 1. The molecular formula is C11H12N2O4. The first-order chi connectivity index (χ1) is 7.99. The van der Waals surface area contributed by atoms with E-state index in [1.807, 2.05) is 0 Å². The van der Waals surface area contributed by atoms with Crippen molar-refractivity contribution in [1.82, 2.24) is 9.55 Å². The molecule has 0 amide bonds. The molecule has 2 rings (SSSR count). The van der Waals surface area contributed by atoms with Crippen LogP contribution >= 0.6 is 0 Å². The SMILES string of the molecule is CC(Cn1c(=O)[nH]c2cc(O)ccc21)C(=O)O. The second-order valence-electron chi connectivity index (χ2n) is 3.98. The molecule has 2 aromatic rings. The minimum Gasteiger partial charge on any atom is -0.508 e. The van der Waals surface area contributed by atoms with Gasteiger partial charge in [-0.15, -0.1) is 0 Å². The lowest BCUT2D eigenvalue weighted by Gasteiger charge is -2.07. The molecule has 0 saturated heterocycles. The number of H-pyrrole nitrogens is 1. The molecule has 0 aliphatic carbocycles. The van der Waals surface area contributed by atoms with Gasteiger partial charge in [0.2, 0.25) is 0 Å². The molecule has 0 fully saturated rings. The molecule has 90 valence electrons. The molecule has 0 saturated carbocycles. The smallest absolute Gasteiger partial charge is 0.326 e. The van der Waals surface area contributed by atoms with E-state index in [9.17, 15) is 14.7 Å². The van der Waals surface area contributed by atoms with Crippen molar-refractivity contribution in [2.24, 2.45) is 5.92 Å². The largest absolute Gasteiger partial charge is 0.508 e. The fraction of sp³-hybridized carbons (Fsp3) is 0.273. The average Bonchev–Trinajstić information content (AvgIpc) is 2.54. The van der Waals surface area contributed by atoms with Crippen molar-refractivity contribution in [3.05, 3.63) is 28.7 Å². The quantitative estimate of drug-likeness (QED) is 0.733. The summed E-state index contributed by atoms with van der Waals surface area (Å²) in [5.41, 5.74) is 0.701. The number of carboxylic acid groups (broad SMARTS) is 1. The van der Waals surface area contributed by atoms with Crippen molar-refractivity contribution in [3.8, 4) is 5.75 Å². The van der Waals surface area contributed by atoms with E-state index in [1.54, 1.807) is 6.07 Å². The first kappa shape index (κ1) is 11.3. The maximum absolute atomic E-state index is 11.6. The minimum absolute atomic E-state index is 0.0529. The zero-order valence-corrected chi connectivity index (χ0v) is 9.17. The van der Waals surface area contributed by atoms with E-state index in [4.69, 9.17) is 5.11 Å². The second kappa shape index (κ2) is 3.97. The summed E-state index contributed by atoms with van der Waals surface area (Å²) in [6.07, 6.45) is 0. The van der Waals surface area contributed by atoms with Crippen LogP contribution in [0.5, 0.6) is 5.75 Å². The van der Waals surface area contributed by atoms with Gasteiger partial charge in [-0.2, -0.15) is 0 Å². The maximum atomic E-state index is 11.6. The third-order valence-corrected chi connectivity index (χ3v) is 2.64. The van der Waals surface area contributed by atoms with E-state index in [0.717, 1.165) is 0 Å². The average molecular weight is 236 g/mol. The van der Waals surface area contributed by atoms with Gasteiger partial charge < -0.3 is 15.2 Å². The number of fused-ring (bicyclic) bond motifs is 1. The highest BCUT2D eigenvalue weighted by atomic mass is 16.4. The van der Waals surface area contributed by atoms with E-state index in [1.165, 1.54) is 23.6 Å². The maximum Gasteiger partial charge on any atom is 0.326 e. The van der Waals surface area contributed by atoms with Gasteiger partial charge >= 0.3 is 11.7 Å². The van der Waals surface area contributed by atoms with Crippen LogP contribution in [0.1, 0.15) is 6.92 Å². The van der Waals surface area contributed by atoms with Gasteiger partial charge in [0, 0.05) is 12.6 Å². The lowest BCUT2D eigenvalue weighted by Crippen LogP contribution is -2.24. The Balaban J connectivity index is 2.50. The number of nitrogens with one attached hydrogen (secondary N) is 1. The number of carbonyl (C=O) groups is 1. The molecule has 0 aliphatic rings. The lowest BCUT2D eigenvalue weighted by molar-refractivity contribution is -0.141. The number of hydrogen-bond donors (Lipinski definition) is 3. The van der Waals surface area contributed by atoms with Crippen LogP contribution in [0, 0.1) is 5.92 Å². The highest BCUT2D eigenvalue weighted by Crippen LogP contribution is 2.17. The molecular weight excluding hydrogens is 224 g/mol. The Kier molecular flexibility index (Phi) is 2.63. The fourth-order valence-corrected chi connectivity index (χ4v) is 1.68. The topological polar surface area (TPSA) is 95.3 Å². The van der Waals surface area contributed by atoms with E-state index in [0.29, 0.717) is 11.0 Å². The predicted molar refractivity (Wildman–Crippen MR) is 61.0 cm³/mol. The third kappa shape index (κ3) is 2.01. The van der Waals surface area contributed by atoms with Crippen LogP contribution in [-0.2, 0) is 11.3 Å². The molecule has 0 bridgehead atoms. The van der Waals surface area contributed by atoms with Crippen LogP contribution < -0.4 is 5.69 Å². The molecule has 1 aromatic heterocycles. The summed E-state index contributed by atoms with van der Waals surface area (Å²) in [6.45, 7) is 1.63. The summed E-state index contributed by atoms with van der Waals surface area (Å²) in [4.78, 5) is 25.0. The van der Waals surface area contributed by atoms with Crippen molar-refractivity contribution in [3.63, 3.8) is 0 Å². The molecule has 0 aliphatic heterocycles. The standard InChI is InChI=1S/C11H12N2O4/c1-6(10(15)16)5-13-9-3-2-7(14)4-8(9)12-11(13)17/h2-4,6,14H,5H2,1H3,(H,12,17)(H,15,16). The number of hydrogen-bond acceptors (Lipinski definition) is 3. The fourth-order valence-electron chi connectivity index (χ4n) is 1.68. The predicted octanol–water partition coefficient (Wildman–Crippen LogP) is 0.756. The molecule has 1 heterocycles. The molecule has 6 heteroatoms. The van der Waals surface area contributed by atoms with Gasteiger partial charge in [-0.1, -0.05) is 6.92 Å². The zero-order valence-electron chi connectivity index (χ0n) is 9.17. The number of aromatic hydroxyl groups is 1. The van der Waals surface area contributed by atoms with Crippen LogP contribution in [0.4, 0.5) is 0 Å². The van der Waals surface area contributed by atoms with E-state index in [2.05, 4.69) is 4.98 Å². The van der Waals surface area contributed by atoms with E-state index >= 15 is 0 Å². The monoisotopic (exact) mass is 236 g/mol. The number of benzene rings is 1. The Morgan fingerprint density at radius 2 is 2.24 bits per heavy atom. The number of aliphatic carboxylic acids is 1. The molecule has 17 heavy (non-hydrogen) atoms. The van der Waals surface area contributed by atoms with Crippen molar-refractivity contribution < 1.29 is 15.0 Å². The first-order valence-corrected chi connectivity index (χ1v) is 5.13. The molecule has 1 aromatic carbocycles. The van der Waals surface area contributed by atoms with Crippen LogP contribution in [0.2, 0.25) is 0 Å². The number of aromatic nitrogens is 2. The summed E-state index contributed by atoms with van der Waals surface area (Å²) in [5.74, 6) is -1.55. The Morgan fingerprint density at radius 3 is 2.88 bits per heavy atom. The summed E-state index contributed by atoms with van der Waals surface area (Å²) >= 11 is 0. The van der Waals surface area contributed by atoms with Gasteiger partial charge in [0.1, 0.15) is 5.75 Å². The Hall–Kier alpha value is -2.24. The molecule has 0 spiro atoms. The minimum atomic E-state index is -0.954. The molecule has 0 radical (unpaired) electrons. The van der Waals surface area contributed by atoms with E-state index < -0.39 is 11.9 Å². The van der Waals surface area contributed by atoms with Gasteiger partial charge in [0.05, 0.1) is 17.0 Å². The van der Waals surface area contributed by atoms with Gasteiger partial charge in [0.25, 0.3) is 0 Å².